The summed E-state index contributed by atoms with van der Waals surface area (Å²) >= 11 is 0. The van der Waals surface area contributed by atoms with E-state index in [1.165, 1.54) is 51.4 Å². The second-order valence-electron chi connectivity index (χ2n) is 10.3. The SMILES string of the molecule is CC(CN)[C@H]1CC[C@H]2[C@@H]3CCC4CCCC[C@]4(C)[C@H]3CC[C@]12C. The molecule has 4 aliphatic rings. The predicted molar refractivity (Wildman–Crippen MR) is 98.1 cm³/mol. The summed E-state index contributed by atoms with van der Waals surface area (Å²) in [5.41, 5.74) is 7.38. The molecule has 2 N–H and O–H groups in total. The minimum Gasteiger partial charge on any atom is -0.330 e. The van der Waals surface area contributed by atoms with E-state index in [4.69, 9.17) is 5.73 Å². The molecule has 0 aromatic rings. The first kappa shape index (κ1) is 16.4. The number of rotatable bonds is 2. The van der Waals surface area contributed by atoms with Gasteiger partial charge in [-0.15, -0.1) is 0 Å². The lowest BCUT2D eigenvalue weighted by atomic mass is 9.44. The summed E-state index contributed by atoms with van der Waals surface area (Å²) in [7, 11) is 0. The second-order valence-corrected chi connectivity index (χ2v) is 10.3. The molecule has 0 bridgehead atoms. The summed E-state index contributed by atoms with van der Waals surface area (Å²) in [5, 5.41) is 0. The molecule has 0 radical (unpaired) electrons. The van der Waals surface area contributed by atoms with Crippen LogP contribution in [0.3, 0.4) is 0 Å². The van der Waals surface area contributed by atoms with E-state index < -0.39 is 0 Å². The van der Waals surface area contributed by atoms with Crippen molar-refractivity contribution in [3.8, 4) is 0 Å². The van der Waals surface area contributed by atoms with Crippen LogP contribution in [-0.4, -0.2) is 6.54 Å². The number of nitrogens with two attached hydrogens (primary N) is 1. The summed E-state index contributed by atoms with van der Waals surface area (Å²) < 4.78 is 0. The minimum atomic E-state index is 0.609. The van der Waals surface area contributed by atoms with Crippen LogP contribution in [0.1, 0.15) is 85.0 Å². The number of hydrogen-bond donors (Lipinski definition) is 1. The molecule has 4 aliphatic carbocycles. The summed E-state index contributed by atoms with van der Waals surface area (Å²) in [6.45, 7) is 8.67. The van der Waals surface area contributed by atoms with Crippen molar-refractivity contribution in [3.63, 3.8) is 0 Å². The molecule has 23 heavy (non-hydrogen) atoms. The maximum Gasteiger partial charge on any atom is -0.00486 e. The molecular formula is C22H39N. The van der Waals surface area contributed by atoms with Crippen LogP contribution >= 0.6 is 0 Å². The maximum atomic E-state index is 6.07. The second kappa shape index (κ2) is 5.75. The van der Waals surface area contributed by atoms with E-state index >= 15 is 0 Å². The number of hydrogen-bond acceptors (Lipinski definition) is 1. The first-order chi connectivity index (χ1) is 11.0. The van der Waals surface area contributed by atoms with Gasteiger partial charge in [0, 0.05) is 0 Å². The fraction of sp³-hybridized carbons (Fsp3) is 1.00. The molecule has 0 aromatic carbocycles. The molecule has 0 amide bonds. The third-order valence-corrected chi connectivity index (χ3v) is 9.72. The fourth-order valence-electron chi connectivity index (χ4n) is 8.43. The highest BCUT2D eigenvalue weighted by atomic mass is 14.7. The highest BCUT2D eigenvalue weighted by molar-refractivity contribution is 5.09. The monoisotopic (exact) mass is 317 g/mol. The third-order valence-electron chi connectivity index (χ3n) is 9.72. The van der Waals surface area contributed by atoms with Crippen molar-refractivity contribution in [3.05, 3.63) is 0 Å². The van der Waals surface area contributed by atoms with Crippen LogP contribution < -0.4 is 5.73 Å². The van der Waals surface area contributed by atoms with Gasteiger partial charge in [-0.3, -0.25) is 0 Å². The zero-order valence-electron chi connectivity index (χ0n) is 15.8. The standard InChI is InChI=1S/C22H39N/c1-15(14-23)18-9-10-19-17-8-7-16-6-4-5-12-21(16,2)20(17)11-13-22(18,19)3/h15-20H,4-14,23H2,1-3H3/t15?,16?,17-,18+,19-,20-,21-,22+/m0/s1. The molecule has 0 spiro atoms. The van der Waals surface area contributed by atoms with Gasteiger partial charge in [-0.2, -0.15) is 0 Å². The smallest absolute Gasteiger partial charge is 0.00486 e. The van der Waals surface area contributed by atoms with Crippen molar-refractivity contribution in [1.29, 1.82) is 0 Å². The van der Waals surface area contributed by atoms with Gasteiger partial charge in [-0.05, 0) is 104 Å². The van der Waals surface area contributed by atoms with Crippen LogP contribution in [0, 0.1) is 46.3 Å². The quantitative estimate of drug-likeness (QED) is 0.701. The molecule has 8 atom stereocenters. The summed E-state index contributed by atoms with van der Waals surface area (Å²) in [4.78, 5) is 0. The van der Waals surface area contributed by atoms with Crippen molar-refractivity contribution in [2.45, 2.75) is 85.0 Å². The Morgan fingerprint density at radius 1 is 0.870 bits per heavy atom. The van der Waals surface area contributed by atoms with Crippen LogP contribution in [0.15, 0.2) is 0 Å². The van der Waals surface area contributed by atoms with Gasteiger partial charge in [0.25, 0.3) is 0 Å². The average molecular weight is 318 g/mol. The van der Waals surface area contributed by atoms with Crippen molar-refractivity contribution >= 4 is 0 Å². The molecule has 132 valence electrons. The summed E-state index contributed by atoms with van der Waals surface area (Å²) in [6.07, 6.45) is 15.2. The van der Waals surface area contributed by atoms with E-state index in [0.29, 0.717) is 10.8 Å². The topological polar surface area (TPSA) is 26.0 Å². The van der Waals surface area contributed by atoms with Gasteiger partial charge >= 0.3 is 0 Å². The molecule has 0 heterocycles. The Bertz CT molecular complexity index is 445. The van der Waals surface area contributed by atoms with Crippen molar-refractivity contribution in [2.75, 3.05) is 6.54 Å². The van der Waals surface area contributed by atoms with Crippen LogP contribution in [0.5, 0.6) is 0 Å². The van der Waals surface area contributed by atoms with Gasteiger partial charge < -0.3 is 5.73 Å². The molecular weight excluding hydrogens is 278 g/mol. The third kappa shape index (κ3) is 2.28. The van der Waals surface area contributed by atoms with E-state index in [9.17, 15) is 0 Å². The van der Waals surface area contributed by atoms with Gasteiger partial charge in [0.1, 0.15) is 0 Å². The van der Waals surface area contributed by atoms with Gasteiger partial charge in [-0.25, -0.2) is 0 Å². The average Bonchev–Trinajstić information content (AvgIpc) is 2.91. The van der Waals surface area contributed by atoms with Gasteiger partial charge in [0.05, 0.1) is 0 Å². The highest BCUT2D eigenvalue weighted by Crippen LogP contribution is 2.68. The van der Waals surface area contributed by atoms with Gasteiger partial charge in [0.2, 0.25) is 0 Å². The van der Waals surface area contributed by atoms with Crippen LogP contribution in [0.25, 0.3) is 0 Å². The van der Waals surface area contributed by atoms with Crippen LogP contribution in [0.4, 0.5) is 0 Å². The van der Waals surface area contributed by atoms with E-state index in [-0.39, 0.29) is 0 Å². The first-order valence-corrected chi connectivity index (χ1v) is 10.7. The summed E-state index contributed by atoms with van der Waals surface area (Å²) in [6, 6.07) is 0. The maximum absolute atomic E-state index is 6.07. The zero-order valence-corrected chi connectivity index (χ0v) is 15.8. The number of fused-ring (bicyclic) bond motifs is 5. The first-order valence-electron chi connectivity index (χ1n) is 10.7. The lowest BCUT2D eigenvalue weighted by Gasteiger charge is -2.60. The minimum absolute atomic E-state index is 0.609. The Labute approximate surface area is 144 Å². The van der Waals surface area contributed by atoms with E-state index in [2.05, 4.69) is 20.8 Å². The molecule has 0 aromatic heterocycles. The van der Waals surface area contributed by atoms with E-state index in [1.54, 1.807) is 12.8 Å². The largest absolute Gasteiger partial charge is 0.330 e. The fourth-order valence-corrected chi connectivity index (χ4v) is 8.43. The zero-order chi connectivity index (χ0) is 16.2. The Kier molecular flexibility index (Phi) is 4.11. The van der Waals surface area contributed by atoms with Crippen LogP contribution in [0.2, 0.25) is 0 Å². The highest BCUT2D eigenvalue weighted by Gasteiger charge is 2.59. The lowest BCUT2D eigenvalue weighted by molar-refractivity contribution is -0.113. The lowest BCUT2D eigenvalue weighted by Crippen LogP contribution is -2.53. The van der Waals surface area contributed by atoms with Crippen molar-refractivity contribution in [2.24, 2.45) is 52.1 Å². The molecule has 1 nitrogen and oxygen atoms in total. The molecule has 4 rings (SSSR count). The molecule has 0 aliphatic heterocycles. The Morgan fingerprint density at radius 3 is 2.43 bits per heavy atom. The Morgan fingerprint density at radius 2 is 1.65 bits per heavy atom. The molecule has 2 unspecified atom stereocenters. The Hall–Kier alpha value is -0.0400. The Balaban J connectivity index is 1.60. The molecule has 1 heteroatoms. The van der Waals surface area contributed by atoms with Crippen LogP contribution in [-0.2, 0) is 0 Å². The summed E-state index contributed by atoms with van der Waals surface area (Å²) in [5.74, 6) is 5.79. The van der Waals surface area contributed by atoms with E-state index in [0.717, 1.165) is 42.1 Å². The van der Waals surface area contributed by atoms with E-state index in [1.807, 2.05) is 0 Å². The molecule has 4 saturated carbocycles. The molecule has 4 fully saturated rings. The van der Waals surface area contributed by atoms with Crippen molar-refractivity contribution in [1.82, 2.24) is 0 Å². The van der Waals surface area contributed by atoms with Gasteiger partial charge in [-0.1, -0.05) is 33.6 Å². The predicted octanol–water partition coefficient (Wildman–Crippen LogP) is 5.63. The normalized spacial score (nSPS) is 54.0. The van der Waals surface area contributed by atoms with Gasteiger partial charge in [0.15, 0.2) is 0 Å². The van der Waals surface area contributed by atoms with Crippen molar-refractivity contribution < 1.29 is 0 Å². The molecule has 0 saturated heterocycles.